The Balaban J connectivity index is 2.01. The number of sulfonamides is 1. The second-order valence-corrected chi connectivity index (χ2v) is 7.04. The Bertz CT molecular complexity index is 864. The fourth-order valence-electron chi connectivity index (χ4n) is 1.61. The summed E-state index contributed by atoms with van der Waals surface area (Å²) in [6, 6.07) is 8.01. The molecule has 0 saturated heterocycles. The first-order valence-electron chi connectivity index (χ1n) is 5.42. The number of benzene rings is 1. The maximum absolute atomic E-state index is 12.3. The van der Waals surface area contributed by atoms with Crippen LogP contribution in [0.3, 0.4) is 0 Å². The van der Waals surface area contributed by atoms with E-state index >= 15 is 0 Å². The average Bonchev–Trinajstić information content (AvgIpc) is 2.88. The molecule has 3 rings (SSSR count). The molecule has 3 aromatic rings. The number of halogens is 1. The Kier molecular flexibility index (Phi) is 3.47. The van der Waals surface area contributed by atoms with Crippen molar-refractivity contribution >= 4 is 53.3 Å². The Hall–Kier alpha value is -1.47. The molecule has 0 atom stereocenters. The van der Waals surface area contributed by atoms with Crippen LogP contribution in [0.15, 0.2) is 41.4 Å². The first kappa shape index (κ1) is 13.5. The summed E-state index contributed by atoms with van der Waals surface area (Å²) in [6.45, 7) is 0. The molecule has 9 heteroatoms. The van der Waals surface area contributed by atoms with Crippen LogP contribution < -0.4 is 4.72 Å². The molecule has 6 nitrogen and oxygen atoms in total. The summed E-state index contributed by atoms with van der Waals surface area (Å²) in [5, 5.41) is 0.237. The van der Waals surface area contributed by atoms with Crippen LogP contribution in [0.1, 0.15) is 0 Å². The quantitative estimate of drug-likeness (QED) is 0.556. The molecule has 20 heavy (non-hydrogen) atoms. The summed E-state index contributed by atoms with van der Waals surface area (Å²) in [6.07, 6.45) is 1.21. The van der Waals surface area contributed by atoms with Crippen molar-refractivity contribution in [3.05, 3.63) is 41.7 Å². The fourth-order valence-corrected chi connectivity index (χ4v) is 3.89. The Morgan fingerprint density at radius 1 is 1.15 bits per heavy atom. The van der Waals surface area contributed by atoms with Crippen LogP contribution in [-0.2, 0) is 10.0 Å². The van der Waals surface area contributed by atoms with Crippen molar-refractivity contribution in [3.63, 3.8) is 0 Å². The van der Waals surface area contributed by atoms with Crippen LogP contribution in [-0.4, -0.2) is 36.3 Å². The average molecular weight is 374 g/mol. The number of hydrogen-bond acceptors (Lipinski definition) is 5. The van der Waals surface area contributed by atoms with Gasteiger partial charge in [0, 0.05) is 0 Å². The molecule has 0 amide bonds. The first-order valence-corrected chi connectivity index (χ1v) is 8.81. The van der Waals surface area contributed by atoms with Gasteiger partial charge >= 0.3 is 126 Å². The zero-order valence-electron chi connectivity index (χ0n) is 9.82. The molecule has 0 spiro atoms. The molecule has 0 radical (unpaired) electrons. The van der Waals surface area contributed by atoms with Gasteiger partial charge in [0.1, 0.15) is 0 Å². The van der Waals surface area contributed by atoms with Crippen molar-refractivity contribution in [3.8, 4) is 0 Å². The second kappa shape index (κ2) is 5.14. The van der Waals surface area contributed by atoms with Gasteiger partial charge < -0.3 is 0 Å². The van der Waals surface area contributed by atoms with Gasteiger partial charge in [-0.3, -0.25) is 0 Å². The number of anilines is 1. The van der Waals surface area contributed by atoms with Crippen molar-refractivity contribution in [1.29, 1.82) is 0 Å². The zero-order valence-corrected chi connectivity index (χ0v) is 13.1. The molecule has 0 aliphatic heterocycles. The molecule has 0 aliphatic carbocycles. The molecule has 0 bridgehead atoms. The molecule has 0 saturated carbocycles. The number of hydrogen-bond donors (Lipinski definition) is 1. The van der Waals surface area contributed by atoms with Gasteiger partial charge in [-0.25, -0.2) is 0 Å². The van der Waals surface area contributed by atoms with Gasteiger partial charge in [0.05, 0.1) is 0 Å². The summed E-state index contributed by atoms with van der Waals surface area (Å²) in [5.41, 5.74) is 1.71. The number of pyridine rings is 1. The van der Waals surface area contributed by atoms with E-state index in [1.807, 2.05) is 0 Å². The summed E-state index contributed by atoms with van der Waals surface area (Å²) in [5.74, 6) is 0. The molecule has 0 fully saturated rings. The van der Waals surface area contributed by atoms with Crippen LogP contribution in [0, 0.1) is 0 Å². The first-order chi connectivity index (χ1) is 9.56. The standard InChI is InChI=1S/C11H7ClN4O2SSe/c12-10-5-4-7(6-13-10)19(17,18)14-8-2-1-3-9-11(8)16-20-15-9/h1-6,14H. The summed E-state index contributed by atoms with van der Waals surface area (Å²) >= 11 is 5.43. The third kappa shape index (κ3) is 2.55. The molecular formula is C11H7ClN4O2SSe. The Morgan fingerprint density at radius 2 is 2.00 bits per heavy atom. The van der Waals surface area contributed by atoms with E-state index in [0.29, 0.717) is 16.7 Å². The van der Waals surface area contributed by atoms with Gasteiger partial charge in [0.15, 0.2) is 0 Å². The predicted octanol–water partition coefficient (Wildman–Crippen LogP) is 1.54. The van der Waals surface area contributed by atoms with Crippen molar-refractivity contribution in [2.45, 2.75) is 4.90 Å². The third-order valence-corrected chi connectivity index (χ3v) is 5.25. The molecule has 2 aromatic heterocycles. The van der Waals surface area contributed by atoms with Gasteiger partial charge in [-0.15, -0.1) is 0 Å². The van der Waals surface area contributed by atoms with Crippen LogP contribution in [0.2, 0.25) is 5.15 Å². The topological polar surface area (TPSA) is 84.8 Å². The van der Waals surface area contributed by atoms with E-state index in [1.165, 1.54) is 18.3 Å². The van der Waals surface area contributed by atoms with Crippen LogP contribution in [0.4, 0.5) is 5.69 Å². The minimum absolute atomic E-state index is 0.0416. The Labute approximate surface area is 126 Å². The summed E-state index contributed by atoms with van der Waals surface area (Å²) in [7, 11) is -3.72. The predicted molar refractivity (Wildman–Crippen MR) is 76.5 cm³/mol. The zero-order chi connectivity index (χ0) is 14.2. The summed E-state index contributed by atoms with van der Waals surface area (Å²) < 4.78 is 35.4. The van der Waals surface area contributed by atoms with E-state index in [0.717, 1.165) is 0 Å². The third-order valence-electron chi connectivity index (χ3n) is 2.54. The fraction of sp³-hybridized carbons (Fsp3) is 0. The number of fused-ring (bicyclic) bond motifs is 1. The molecule has 1 N–H and O–H groups in total. The number of nitrogens with zero attached hydrogens (tertiary/aromatic N) is 3. The van der Waals surface area contributed by atoms with E-state index in [-0.39, 0.29) is 25.0 Å². The SMILES string of the molecule is O=S(=O)(Nc1cccc2n[se]nc12)c1ccc(Cl)nc1. The van der Waals surface area contributed by atoms with Crippen molar-refractivity contribution in [1.82, 2.24) is 12.9 Å². The minimum atomic E-state index is -3.72. The van der Waals surface area contributed by atoms with E-state index in [4.69, 9.17) is 11.6 Å². The second-order valence-electron chi connectivity index (χ2n) is 3.86. The van der Waals surface area contributed by atoms with Crippen LogP contribution in [0.25, 0.3) is 11.0 Å². The van der Waals surface area contributed by atoms with Crippen molar-refractivity contribution < 1.29 is 8.42 Å². The van der Waals surface area contributed by atoms with Gasteiger partial charge in [-0.2, -0.15) is 0 Å². The van der Waals surface area contributed by atoms with Gasteiger partial charge in [0.2, 0.25) is 0 Å². The molecule has 1 aromatic carbocycles. The van der Waals surface area contributed by atoms with Crippen molar-refractivity contribution in [2.24, 2.45) is 0 Å². The van der Waals surface area contributed by atoms with Gasteiger partial charge in [0.25, 0.3) is 0 Å². The monoisotopic (exact) mass is 374 g/mol. The van der Waals surface area contributed by atoms with E-state index in [1.54, 1.807) is 18.2 Å². The molecular weight excluding hydrogens is 367 g/mol. The van der Waals surface area contributed by atoms with Gasteiger partial charge in [-0.05, 0) is 0 Å². The number of aromatic nitrogens is 3. The van der Waals surface area contributed by atoms with Crippen molar-refractivity contribution in [2.75, 3.05) is 4.72 Å². The Morgan fingerprint density at radius 3 is 2.75 bits per heavy atom. The maximum atomic E-state index is 12.3. The van der Waals surface area contributed by atoms with E-state index in [9.17, 15) is 8.42 Å². The normalized spacial score (nSPS) is 11.7. The number of nitrogens with one attached hydrogen (secondary N) is 1. The van der Waals surface area contributed by atoms with E-state index < -0.39 is 10.0 Å². The molecule has 0 unspecified atom stereocenters. The number of rotatable bonds is 3. The molecule has 102 valence electrons. The molecule has 2 heterocycles. The van der Waals surface area contributed by atoms with E-state index in [2.05, 4.69) is 17.7 Å². The van der Waals surface area contributed by atoms with Gasteiger partial charge in [-0.1, -0.05) is 0 Å². The van der Waals surface area contributed by atoms with Crippen LogP contribution >= 0.6 is 11.6 Å². The molecule has 0 aliphatic rings. The van der Waals surface area contributed by atoms with Crippen LogP contribution in [0.5, 0.6) is 0 Å². The summed E-state index contributed by atoms with van der Waals surface area (Å²) in [4.78, 5) is 3.81.